The molecule has 0 bridgehead atoms. The Hall–Kier alpha value is -2.68. The van der Waals surface area contributed by atoms with E-state index in [0.29, 0.717) is 19.6 Å². The second-order valence-electron chi connectivity index (χ2n) is 7.96. The molecule has 0 aromatic carbocycles. The topological polar surface area (TPSA) is 133 Å². The van der Waals surface area contributed by atoms with Crippen molar-refractivity contribution in [2.24, 2.45) is 0 Å². The molecule has 1 heterocycles. The van der Waals surface area contributed by atoms with Gasteiger partial charge in [-0.25, -0.2) is 0 Å². The first-order valence-corrected chi connectivity index (χ1v) is 11.6. The van der Waals surface area contributed by atoms with Crippen LogP contribution in [0.25, 0.3) is 0 Å². The minimum Gasteiger partial charge on any atom is -0.463 e. The van der Waals surface area contributed by atoms with Gasteiger partial charge in [0, 0.05) is 40.9 Å². The first-order valence-electron chi connectivity index (χ1n) is 11.6. The molecule has 198 valence electrons. The summed E-state index contributed by atoms with van der Waals surface area (Å²) in [6.45, 7) is 5.62. The number of carbonyl (C=O) groups excluding carboxylic acids is 4. The largest absolute Gasteiger partial charge is 0.463 e. The lowest BCUT2D eigenvalue weighted by atomic mass is 9.98. The van der Waals surface area contributed by atoms with E-state index in [1.54, 1.807) is 0 Å². The highest BCUT2D eigenvalue weighted by molar-refractivity contribution is 5.68. The van der Waals surface area contributed by atoms with Crippen molar-refractivity contribution in [2.75, 3.05) is 26.4 Å². The second kappa shape index (κ2) is 16.9. The van der Waals surface area contributed by atoms with Gasteiger partial charge >= 0.3 is 23.9 Å². The van der Waals surface area contributed by atoms with E-state index in [4.69, 9.17) is 39.6 Å². The Balaban J connectivity index is 2.84. The zero-order valence-electron chi connectivity index (χ0n) is 20.8. The molecule has 1 aliphatic heterocycles. The van der Waals surface area contributed by atoms with Gasteiger partial charge in [-0.3, -0.25) is 19.2 Å². The molecule has 1 saturated heterocycles. The van der Waals surface area contributed by atoms with Crippen molar-refractivity contribution >= 4 is 23.9 Å². The SMILES string of the molecule is C#CCOCCCCCCCO[C@H]1O[C@H](COC(C)=O)[C@@H](OC(C)=O)[C@H](OC(C)=O)[C@@H]1OC(C)=O. The average molecular weight is 501 g/mol. The van der Waals surface area contributed by atoms with Crippen LogP contribution in [0.3, 0.4) is 0 Å². The molecule has 5 atom stereocenters. The van der Waals surface area contributed by atoms with E-state index in [-0.39, 0.29) is 13.2 Å². The van der Waals surface area contributed by atoms with Gasteiger partial charge in [0.25, 0.3) is 0 Å². The number of terminal acetylenes is 1. The van der Waals surface area contributed by atoms with Crippen molar-refractivity contribution in [1.29, 1.82) is 0 Å². The van der Waals surface area contributed by atoms with Crippen LogP contribution in [-0.2, 0) is 52.3 Å². The maximum Gasteiger partial charge on any atom is 0.303 e. The molecule has 0 aliphatic carbocycles. The highest BCUT2D eigenvalue weighted by Gasteiger charge is 2.52. The van der Waals surface area contributed by atoms with Gasteiger partial charge in [0.05, 0.1) is 0 Å². The number of esters is 4. The molecule has 11 nitrogen and oxygen atoms in total. The molecule has 0 saturated carbocycles. The van der Waals surface area contributed by atoms with E-state index in [1.807, 2.05) is 0 Å². The van der Waals surface area contributed by atoms with Crippen LogP contribution < -0.4 is 0 Å². The Morgan fingerprint density at radius 2 is 1.29 bits per heavy atom. The summed E-state index contributed by atoms with van der Waals surface area (Å²) in [5.74, 6) is -0.212. The predicted molar refractivity (Wildman–Crippen MR) is 121 cm³/mol. The number of carbonyl (C=O) groups is 4. The molecule has 0 aromatic rings. The van der Waals surface area contributed by atoms with Gasteiger partial charge in [-0.15, -0.1) is 6.42 Å². The molecule has 0 unspecified atom stereocenters. The maximum atomic E-state index is 11.8. The number of rotatable bonds is 15. The van der Waals surface area contributed by atoms with Gasteiger partial charge in [0.1, 0.15) is 19.3 Å². The summed E-state index contributed by atoms with van der Waals surface area (Å²) in [5.41, 5.74) is 0. The van der Waals surface area contributed by atoms with E-state index in [9.17, 15) is 19.2 Å². The van der Waals surface area contributed by atoms with E-state index < -0.39 is 54.6 Å². The number of unbranched alkanes of at least 4 members (excludes halogenated alkanes) is 4. The van der Waals surface area contributed by atoms with E-state index in [1.165, 1.54) is 27.7 Å². The fourth-order valence-electron chi connectivity index (χ4n) is 3.49. The molecule has 0 amide bonds. The van der Waals surface area contributed by atoms with Gasteiger partial charge in [0.15, 0.2) is 24.6 Å². The standard InChI is InChI=1S/C24H36O11/c1-6-12-29-13-10-8-7-9-11-14-30-24-23(34-19(5)28)22(33-18(4)27)21(32-17(3)26)20(35-24)15-31-16(2)25/h1,20-24H,7-15H2,2-5H3/t20-,21-,22+,23+,24+/m1/s1. The first kappa shape index (κ1) is 30.4. The monoisotopic (exact) mass is 500 g/mol. The number of hydrogen-bond donors (Lipinski definition) is 0. The molecular weight excluding hydrogens is 464 g/mol. The van der Waals surface area contributed by atoms with Gasteiger partial charge in [0.2, 0.25) is 0 Å². The summed E-state index contributed by atoms with van der Waals surface area (Å²) >= 11 is 0. The van der Waals surface area contributed by atoms with E-state index in [2.05, 4.69) is 5.92 Å². The van der Waals surface area contributed by atoms with Crippen molar-refractivity contribution in [3.05, 3.63) is 0 Å². The third kappa shape index (κ3) is 12.5. The van der Waals surface area contributed by atoms with Crippen LogP contribution in [0.4, 0.5) is 0 Å². The normalized spacial score (nSPS) is 23.6. The second-order valence-corrected chi connectivity index (χ2v) is 7.96. The molecule has 0 N–H and O–H groups in total. The Morgan fingerprint density at radius 1 is 0.743 bits per heavy atom. The highest BCUT2D eigenvalue weighted by atomic mass is 16.7. The van der Waals surface area contributed by atoms with E-state index in [0.717, 1.165) is 25.7 Å². The van der Waals surface area contributed by atoms with Gasteiger partial charge in [-0.2, -0.15) is 0 Å². The Bertz CT molecular complexity index is 729. The Morgan fingerprint density at radius 3 is 1.86 bits per heavy atom. The fourth-order valence-corrected chi connectivity index (χ4v) is 3.49. The molecule has 1 fully saturated rings. The molecule has 0 radical (unpaired) electrons. The first-order chi connectivity index (χ1) is 16.6. The summed E-state index contributed by atoms with van der Waals surface area (Å²) in [6, 6.07) is 0. The number of ether oxygens (including phenoxy) is 7. The van der Waals surface area contributed by atoms with Crippen molar-refractivity contribution in [3.8, 4) is 12.3 Å². The summed E-state index contributed by atoms with van der Waals surface area (Å²) in [4.78, 5) is 46.7. The third-order valence-corrected chi connectivity index (χ3v) is 4.85. The van der Waals surface area contributed by atoms with Gasteiger partial charge in [-0.1, -0.05) is 25.2 Å². The van der Waals surface area contributed by atoms with Crippen molar-refractivity contribution in [1.82, 2.24) is 0 Å². The molecule has 35 heavy (non-hydrogen) atoms. The summed E-state index contributed by atoms with van der Waals surface area (Å²) < 4.78 is 38.0. The van der Waals surface area contributed by atoms with E-state index >= 15 is 0 Å². The van der Waals surface area contributed by atoms with Crippen LogP contribution >= 0.6 is 0 Å². The number of hydrogen-bond acceptors (Lipinski definition) is 11. The van der Waals surface area contributed by atoms with Crippen LogP contribution in [0.1, 0.15) is 59.8 Å². The summed E-state index contributed by atoms with van der Waals surface area (Å²) in [5, 5.41) is 0. The maximum absolute atomic E-state index is 11.8. The zero-order valence-corrected chi connectivity index (χ0v) is 20.8. The average Bonchev–Trinajstić information content (AvgIpc) is 2.76. The lowest BCUT2D eigenvalue weighted by Gasteiger charge is -2.44. The quantitative estimate of drug-likeness (QED) is 0.141. The minimum atomic E-state index is -1.23. The van der Waals surface area contributed by atoms with Crippen LogP contribution in [0.15, 0.2) is 0 Å². The highest BCUT2D eigenvalue weighted by Crippen LogP contribution is 2.30. The lowest BCUT2D eigenvalue weighted by molar-refractivity contribution is -0.308. The van der Waals surface area contributed by atoms with Crippen LogP contribution in [0.2, 0.25) is 0 Å². The van der Waals surface area contributed by atoms with Crippen LogP contribution in [0, 0.1) is 12.3 Å². The van der Waals surface area contributed by atoms with Crippen LogP contribution in [0.5, 0.6) is 0 Å². The zero-order chi connectivity index (χ0) is 26.2. The molecule has 1 rings (SSSR count). The minimum absolute atomic E-state index is 0.265. The smallest absolute Gasteiger partial charge is 0.303 e. The van der Waals surface area contributed by atoms with Gasteiger partial charge < -0.3 is 33.2 Å². The predicted octanol–water partition coefficient (Wildman–Crippen LogP) is 1.69. The van der Waals surface area contributed by atoms with Crippen molar-refractivity contribution < 1.29 is 52.3 Å². The van der Waals surface area contributed by atoms with Crippen LogP contribution in [-0.4, -0.2) is 81.0 Å². The summed E-state index contributed by atoms with van der Waals surface area (Å²) in [7, 11) is 0. The van der Waals surface area contributed by atoms with Crippen molar-refractivity contribution in [3.63, 3.8) is 0 Å². The molecule has 0 aromatic heterocycles. The Labute approximate surface area is 206 Å². The summed E-state index contributed by atoms with van der Waals surface area (Å²) in [6.07, 6.45) is 3.73. The van der Waals surface area contributed by atoms with Gasteiger partial charge in [-0.05, 0) is 12.8 Å². The van der Waals surface area contributed by atoms with Crippen molar-refractivity contribution in [2.45, 2.75) is 90.5 Å². The lowest BCUT2D eigenvalue weighted by Crippen LogP contribution is -2.63. The Kier molecular flexibility index (Phi) is 14.6. The fraction of sp³-hybridized carbons (Fsp3) is 0.750. The molecular formula is C24H36O11. The third-order valence-electron chi connectivity index (χ3n) is 4.85. The molecule has 0 spiro atoms. The molecule has 11 heteroatoms. The molecule has 1 aliphatic rings.